The van der Waals surface area contributed by atoms with Crippen LogP contribution in [0.2, 0.25) is 0 Å². The fraction of sp³-hybridized carbons (Fsp3) is 0.261. The van der Waals surface area contributed by atoms with Crippen molar-refractivity contribution in [3.8, 4) is 0 Å². The first-order valence-corrected chi connectivity index (χ1v) is 9.93. The molecule has 160 valence electrons. The van der Waals surface area contributed by atoms with Crippen molar-refractivity contribution in [1.29, 1.82) is 0 Å². The summed E-state index contributed by atoms with van der Waals surface area (Å²) in [5.74, 6) is -3.24. The predicted molar refractivity (Wildman–Crippen MR) is 114 cm³/mol. The van der Waals surface area contributed by atoms with Crippen LogP contribution in [0, 0.1) is 23.4 Å². The highest BCUT2D eigenvalue weighted by Crippen LogP contribution is 2.33. The van der Waals surface area contributed by atoms with Gasteiger partial charge in [0, 0.05) is 37.9 Å². The van der Waals surface area contributed by atoms with Crippen molar-refractivity contribution in [1.82, 2.24) is 19.8 Å². The van der Waals surface area contributed by atoms with Crippen LogP contribution >= 0.6 is 0 Å². The van der Waals surface area contributed by atoms with Crippen molar-refractivity contribution >= 4 is 17.2 Å². The standard InChI is InChI=1S/C23H22F3N5/c1-14-9-21(20-6-7-27-13-28-20)29-23(30(14)3)31-8-4-5-16(12-31)15(2)17-10-18(24)22(26)19(25)11-17/h6-7,9-11,13,16H,1-2,4-5,8,12H2,3H3. The predicted octanol–water partition coefficient (Wildman–Crippen LogP) is 4.48. The zero-order chi connectivity index (χ0) is 22.1. The molecule has 1 saturated heterocycles. The zero-order valence-electron chi connectivity index (χ0n) is 17.2. The lowest BCUT2D eigenvalue weighted by molar-refractivity contribution is 0.275. The molecule has 1 aromatic carbocycles. The van der Waals surface area contributed by atoms with Gasteiger partial charge < -0.3 is 9.80 Å². The summed E-state index contributed by atoms with van der Waals surface area (Å²) in [5.41, 5.74) is 2.99. The molecule has 1 unspecified atom stereocenters. The number of hydrogen-bond acceptors (Lipinski definition) is 5. The largest absolute Gasteiger partial charge is 0.342 e. The van der Waals surface area contributed by atoms with Gasteiger partial charge in [-0.2, -0.15) is 0 Å². The summed E-state index contributed by atoms with van der Waals surface area (Å²) in [4.78, 5) is 17.0. The maximum atomic E-state index is 13.7. The van der Waals surface area contributed by atoms with Gasteiger partial charge in [0.2, 0.25) is 5.96 Å². The van der Waals surface area contributed by atoms with Gasteiger partial charge in [-0.3, -0.25) is 0 Å². The van der Waals surface area contributed by atoms with E-state index in [0.29, 0.717) is 23.5 Å². The third-order valence-electron chi connectivity index (χ3n) is 5.65. The molecule has 3 heterocycles. The number of likely N-dealkylation sites (N-methyl/N-ethyl adjacent to an activating group) is 1. The molecule has 0 amide bonds. The summed E-state index contributed by atoms with van der Waals surface area (Å²) in [6.07, 6.45) is 6.64. The third kappa shape index (κ3) is 4.10. The Bertz CT molecular complexity index is 1070. The van der Waals surface area contributed by atoms with Crippen LogP contribution in [0.15, 0.2) is 60.6 Å². The fourth-order valence-electron chi connectivity index (χ4n) is 3.87. The molecule has 0 spiro atoms. The Morgan fingerprint density at radius 2 is 1.94 bits per heavy atom. The Morgan fingerprint density at radius 3 is 2.61 bits per heavy atom. The molecule has 1 atom stereocenters. The van der Waals surface area contributed by atoms with Crippen LogP contribution in [-0.2, 0) is 0 Å². The van der Waals surface area contributed by atoms with Gasteiger partial charge in [0.25, 0.3) is 0 Å². The summed E-state index contributed by atoms with van der Waals surface area (Å²) in [5, 5.41) is 0. The molecule has 2 aliphatic heterocycles. The van der Waals surface area contributed by atoms with Crippen LogP contribution in [0.1, 0.15) is 24.1 Å². The number of likely N-dealkylation sites (tertiary alicyclic amines) is 1. The molecule has 8 heteroatoms. The molecular weight excluding hydrogens is 403 g/mol. The van der Waals surface area contributed by atoms with Gasteiger partial charge in [0.05, 0.1) is 11.4 Å². The van der Waals surface area contributed by atoms with Gasteiger partial charge >= 0.3 is 0 Å². The average Bonchev–Trinajstić information content (AvgIpc) is 2.79. The Hall–Kier alpha value is -3.42. The molecule has 2 aromatic rings. The highest BCUT2D eigenvalue weighted by Gasteiger charge is 2.29. The van der Waals surface area contributed by atoms with Crippen molar-refractivity contribution < 1.29 is 13.2 Å². The van der Waals surface area contributed by atoms with Gasteiger partial charge in [0.1, 0.15) is 6.33 Å². The molecule has 0 saturated carbocycles. The maximum absolute atomic E-state index is 13.7. The van der Waals surface area contributed by atoms with Crippen LogP contribution in [-0.4, -0.2) is 45.9 Å². The molecule has 0 bridgehead atoms. The summed E-state index contributed by atoms with van der Waals surface area (Å²) >= 11 is 0. The molecular formula is C23H22F3N5. The van der Waals surface area contributed by atoms with Crippen LogP contribution in [0.5, 0.6) is 0 Å². The number of piperidine rings is 1. The Morgan fingerprint density at radius 1 is 1.19 bits per heavy atom. The number of rotatable bonds is 3. The minimum atomic E-state index is -1.47. The smallest absolute Gasteiger partial charge is 0.206 e. The number of aliphatic imine (C=N–C) groups is 1. The van der Waals surface area contributed by atoms with Crippen LogP contribution < -0.4 is 0 Å². The van der Waals surface area contributed by atoms with Crippen LogP contribution in [0.25, 0.3) is 11.3 Å². The van der Waals surface area contributed by atoms with E-state index in [0.717, 1.165) is 43.2 Å². The highest BCUT2D eigenvalue weighted by molar-refractivity contribution is 5.91. The lowest BCUT2D eigenvalue weighted by Gasteiger charge is -2.40. The van der Waals surface area contributed by atoms with E-state index in [4.69, 9.17) is 4.99 Å². The molecule has 0 N–H and O–H groups in total. The second-order valence-electron chi connectivity index (χ2n) is 7.65. The minimum absolute atomic E-state index is 0.0595. The first-order valence-electron chi connectivity index (χ1n) is 9.93. The second kappa shape index (κ2) is 8.37. The number of allylic oxidation sites excluding steroid dienone is 1. The zero-order valence-corrected chi connectivity index (χ0v) is 17.2. The molecule has 2 aliphatic rings. The topological polar surface area (TPSA) is 44.6 Å². The lowest BCUT2D eigenvalue weighted by atomic mass is 9.87. The van der Waals surface area contributed by atoms with E-state index in [9.17, 15) is 13.2 Å². The second-order valence-corrected chi connectivity index (χ2v) is 7.65. The Labute approximate surface area is 179 Å². The van der Waals surface area contributed by atoms with E-state index >= 15 is 0 Å². The van der Waals surface area contributed by atoms with E-state index in [-0.39, 0.29) is 11.5 Å². The number of guanidine groups is 1. The van der Waals surface area contributed by atoms with E-state index in [2.05, 4.69) is 28.0 Å². The molecule has 1 fully saturated rings. The van der Waals surface area contributed by atoms with Gasteiger partial charge in [-0.25, -0.2) is 28.1 Å². The lowest BCUT2D eigenvalue weighted by Crippen LogP contribution is -2.47. The monoisotopic (exact) mass is 425 g/mol. The summed E-state index contributed by atoms with van der Waals surface area (Å²) in [6, 6.07) is 3.79. The van der Waals surface area contributed by atoms with E-state index < -0.39 is 17.5 Å². The van der Waals surface area contributed by atoms with Crippen molar-refractivity contribution in [2.75, 3.05) is 20.1 Å². The van der Waals surface area contributed by atoms with Crippen molar-refractivity contribution in [2.45, 2.75) is 12.8 Å². The van der Waals surface area contributed by atoms with Crippen LogP contribution in [0.4, 0.5) is 13.2 Å². The van der Waals surface area contributed by atoms with Gasteiger partial charge in [-0.1, -0.05) is 13.2 Å². The normalized spacial score (nSPS) is 19.2. The number of nitrogens with zero attached hydrogens (tertiary/aromatic N) is 5. The van der Waals surface area contributed by atoms with Gasteiger partial charge in [-0.05, 0) is 48.3 Å². The molecule has 0 aliphatic carbocycles. The summed E-state index contributed by atoms with van der Waals surface area (Å²) < 4.78 is 40.8. The minimum Gasteiger partial charge on any atom is -0.342 e. The van der Waals surface area contributed by atoms with Crippen LogP contribution in [0.3, 0.4) is 0 Å². The summed E-state index contributed by atoms with van der Waals surface area (Å²) in [7, 11) is 1.89. The number of benzene rings is 1. The first-order chi connectivity index (χ1) is 14.8. The van der Waals surface area contributed by atoms with Gasteiger partial charge in [-0.15, -0.1) is 0 Å². The number of hydrogen-bond donors (Lipinski definition) is 0. The quantitative estimate of drug-likeness (QED) is 0.681. The highest BCUT2D eigenvalue weighted by atomic mass is 19.2. The first kappa shape index (κ1) is 20.8. The molecule has 1 aromatic heterocycles. The van der Waals surface area contributed by atoms with E-state index in [1.165, 1.54) is 6.33 Å². The van der Waals surface area contributed by atoms with Crippen molar-refractivity contribution in [2.24, 2.45) is 10.9 Å². The van der Waals surface area contributed by atoms with Gasteiger partial charge in [0.15, 0.2) is 17.5 Å². The van der Waals surface area contributed by atoms with E-state index in [1.54, 1.807) is 12.3 Å². The van der Waals surface area contributed by atoms with Crippen molar-refractivity contribution in [3.05, 3.63) is 84.4 Å². The molecule has 4 rings (SSSR count). The molecule has 5 nitrogen and oxygen atoms in total. The van der Waals surface area contributed by atoms with Crippen molar-refractivity contribution in [3.63, 3.8) is 0 Å². The Kier molecular flexibility index (Phi) is 5.63. The third-order valence-corrected chi connectivity index (χ3v) is 5.65. The van der Waals surface area contributed by atoms with E-state index in [1.807, 2.05) is 18.0 Å². The number of aromatic nitrogens is 2. The maximum Gasteiger partial charge on any atom is 0.206 e. The summed E-state index contributed by atoms with van der Waals surface area (Å²) in [6.45, 7) is 9.49. The number of halogens is 3. The Balaban J connectivity index is 1.59. The average molecular weight is 425 g/mol. The molecule has 0 radical (unpaired) electrons. The fourth-order valence-corrected chi connectivity index (χ4v) is 3.87. The SMILES string of the molecule is C=C(c1cc(F)c(F)c(F)c1)C1CCCN(C2=NC(c3ccncn3)=CC(=C)N2C)C1. The molecule has 31 heavy (non-hydrogen) atoms.